The maximum absolute atomic E-state index is 5.16. The topological polar surface area (TPSA) is 21.1 Å². The predicted molar refractivity (Wildman–Crippen MR) is 185 cm³/mol. The van der Waals surface area contributed by atoms with Gasteiger partial charge in [0.05, 0.1) is 28.1 Å². The number of rotatable bonds is 3. The second kappa shape index (κ2) is 8.68. The van der Waals surface area contributed by atoms with Gasteiger partial charge in [0.1, 0.15) is 5.82 Å². The van der Waals surface area contributed by atoms with Crippen LogP contribution in [0.5, 0.6) is 0 Å². The minimum absolute atomic E-state index is 0.845. The molecule has 206 valence electrons. The first-order valence-electron chi connectivity index (χ1n) is 15.4. The van der Waals surface area contributed by atoms with Gasteiger partial charge in [-0.2, -0.15) is 0 Å². The summed E-state index contributed by atoms with van der Waals surface area (Å²) in [6.07, 6.45) is 0.845. The second-order valence-electron chi connectivity index (χ2n) is 11.8. The molecule has 0 aliphatic carbocycles. The fourth-order valence-corrected chi connectivity index (χ4v) is 7.84. The number of imidazole rings is 1. The van der Waals surface area contributed by atoms with Crippen LogP contribution in [0.1, 0.15) is 12.7 Å². The summed E-state index contributed by atoms with van der Waals surface area (Å²) in [6.45, 7) is 2.21. The zero-order chi connectivity index (χ0) is 28.9. The monoisotopic (exact) mass is 561 g/mol. The highest BCUT2D eigenvalue weighted by Gasteiger charge is 2.31. The molecular weight excluding hydrogens is 534 g/mol. The van der Waals surface area contributed by atoms with Crippen LogP contribution in [0.4, 0.5) is 17.1 Å². The van der Waals surface area contributed by atoms with Crippen LogP contribution >= 0.6 is 0 Å². The molecular formula is C41H27N3. The summed E-state index contributed by atoms with van der Waals surface area (Å²) in [6, 6.07) is 48.9. The molecule has 3 nitrogen and oxygen atoms in total. The minimum Gasteiger partial charge on any atom is -0.306 e. The lowest BCUT2D eigenvalue weighted by Crippen LogP contribution is -2.19. The summed E-state index contributed by atoms with van der Waals surface area (Å²) >= 11 is 0. The Bertz CT molecular complexity index is 2540. The molecule has 0 radical (unpaired) electrons. The summed E-state index contributed by atoms with van der Waals surface area (Å²) in [5.74, 6) is 1.08. The van der Waals surface area contributed by atoms with Crippen LogP contribution in [0.15, 0.2) is 133 Å². The van der Waals surface area contributed by atoms with E-state index in [-0.39, 0.29) is 0 Å². The van der Waals surface area contributed by atoms with Crippen molar-refractivity contribution in [1.82, 2.24) is 9.55 Å². The molecule has 10 rings (SSSR count). The van der Waals surface area contributed by atoms with Gasteiger partial charge >= 0.3 is 0 Å². The zero-order valence-corrected chi connectivity index (χ0v) is 24.3. The number of nitrogens with zero attached hydrogens (tertiary/aromatic N) is 3. The van der Waals surface area contributed by atoms with E-state index in [1.165, 1.54) is 59.9 Å². The van der Waals surface area contributed by atoms with Crippen LogP contribution in [-0.4, -0.2) is 9.55 Å². The van der Waals surface area contributed by atoms with Crippen molar-refractivity contribution in [1.29, 1.82) is 0 Å². The Morgan fingerprint density at radius 2 is 1.18 bits per heavy atom. The molecule has 1 aromatic heterocycles. The normalized spacial score (nSPS) is 12.7. The highest BCUT2D eigenvalue weighted by atomic mass is 15.2. The van der Waals surface area contributed by atoms with Crippen LogP contribution in [0, 0.1) is 0 Å². The van der Waals surface area contributed by atoms with Crippen molar-refractivity contribution in [3.05, 3.63) is 139 Å². The molecule has 0 fully saturated rings. The molecule has 0 saturated heterocycles. The average molecular weight is 562 g/mol. The van der Waals surface area contributed by atoms with Gasteiger partial charge in [-0.25, -0.2) is 4.98 Å². The number of anilines is 3. The lowest BCUT2D eigenvalue weighted by molar-refractivity contribution is 0.901. The lowest BCUT2D eigenvalue weighted by atomic mass is 9.86. The lowest BCUT2D eigenvalue weighted by Gasteiger charge is -2.34. The van der Waals surface area contributed by atoms with Crippen molar-refractivity contribution in [2.75, 3.05) is 4.90 Å². The Hall–Kier alpha value is -5.67. The van der Waals surface area contributed by atoms with Crippen molar-refractivity contribution in [2.45, 2.75) is 13.3 Å². The van der Waals surface area contributed by atoms with Gasteiger partial charge < -0.3 is 4.90 Å². The largest absolute Gasteiger partial charge is 0.306 e. The van der Waals surface area contributed by atoms with E-state index in [0.29, 0.717) is 0 Å². The van der Waals surface area contributed by atoms with Crippen LogP contribution in [0.3, 0.4) is 0 Å². The van der Waals surface area contributed by atoms with E-state index in [9.17, 15) is 0 Å². The SMILES string of the molecule is CCc1nc2cccc3c2n1-c1c(-c2ccc4c5cccc6cccc(c7cccc2c74)c65)cccc1N3c1ccccc1. The van der Waals surface area contributed by atoms with Crippen molar-refractivity contribution in [3.63, 3.8) is 0 Å². The molecule has 0 atom stereocenters. The zero-order valence-electron chi connectivity index (χ0n) is 24.3. The summed E-state index contributed by atoms with van der Waals surface area (Å²) in [4.78, 5) is 7.57. The highest BCUT2D eigenvalue weighted by Crippen LogP contribution is 2.51. The summed E-state index contributed by atoms with van der Waals surface area (Å²) in [5.41, 5.74) is 9.31. The number of hydrogen-bond donors (Lipinski definition) is 0. The van der Waals surface area contributed by atoms with Crippen molar-refractivity contribution in [2.24, 2.45) is 0 Å². The Labute approximate surface area is 254 Å². The molecule has 0 bridgehead atoms. The molecule has 0 N–H and O–H groups in total. The van der Waals surface area contributed by atoms with Crippen LogP contribution in [-0.2, 0) is 6.42 Å². The maximum Gasteiger partial charge on any atom is 0.114 e. The maximum atomic E-state index is 5.16. The van der Waals surface area contributed by atoms with E-state index in [2.05, 4.69) is 150 Å². The first-order valence-corrected chi connectivity index (χ1v) is 15.4. The molecule has 3 heteroatoms. The van der Waals surface area contributed by atoms with Crippen LogP contribution < -0.4 is 4.90 Å². The number of hydrogen-bond acceptors (Lipinski definition) is 2. The van der Waals surface area contributed by atoms with Gasteiger partial charge in [0.2, 0.25) is 0 Å². The third kappa shape index (κ3) is 2.98. The van der Waals surface area contributed by atoms with E-state index >= 15 is 0 Å². The number of para-hydroxylation sites is 3. The Kier molecular flexibility index (Phi) is 4.71. The second-order valence-corrected chi connectivity index (χ2v) is 11.8. The fraction of sp³-hybridized carbons (Fsp3) is 0.0488. The third-order valence-electron chi connectivity index (χ3n) is 9.59. The van der Waals surface area contributed by atoms with Crippen LogP contribution in [0.25, 0.3) is 70.9 Å². The fourth-order valence-electron chi connectivity index (χ4n) is 7.84. The van der Waals surface area contributed by atoms with Gasteiger partial charge in [-0.1, -0.05) is 110 Å². The van der Waals surface area contributed by atoms with Crippen LogP contribution in [0.2, 0.25) is 0 Å². The molecule has 9 aromatic rings. The molecule has 44 heavy (non-hydrogen) atoms. The Morgan fingerprint density at radius 3 is 1.98 bits per heavy atom. The van der Waals surface area contributed by atoms with E-state index in [1.54, 1.807) is 0 Å². The van der Waals surface area contributed by atoms with Crippen molar-refractivity contribution < 1.29 is 0 Å². The van der Waals surface area contributed by atoms with Gasteiger partial charge in [-0.05, 0) is 79.0 Å². The van der Waals surface area contributed by atoms with E-state index in [4.69, 9.17) is 4.98 Å². The minimum atomic E-state index is 0.845. The van der Waals surface area contributed by atoms with Gasteiger partial charge in [0.25, 0.3) is 0 Å². The highest BCUT2D eigenvalue weighted by molar-refractivity contribution is 6.34. The summed E-state index contributed by atoms with van der Waals surface area (Å²) < 4.78 is 2.43. The van der Waals surface area contributed by atoms with Gasteiger partial charge in [0, 0.05) is 17.7 Å². The first-order chi connectivity index (χ1) is 21.8. The Balaban J connectivity index is 1.36. The van der Waals surface area contributed by atoms with Gasteiger partial charge in [-0.3, -0.25) is 4.57 Å². The third-order valence-corrected chi connectivity index (χ3v) is 9.59. The smallest absolute Gasteiger partial charge is 0.114 e. The number of aromatic nitrogens is 2. The van der Waals surface area contributed by atoms with Gasteiger partial charge in [0.15, 0.2) is 0 Å². The Morgan fingerprint density at radius 1 is 0.523 bits per heavy atom. The van der Waals surface area contributed by atoms with E-state index < -0.39 is 0 Å². The molecule has 8 aromatic carbocycles. The number of aryl methyl sites for hydroxylation is 1. The van der Waals surface area contributed by atoms with E-state index in [1.807, 2.05) is 0 Å². The standard InChI is InChI=1S/C41H27N3/c1-2-37-42-34-20-10-22-36-41(34)44(37)40-33(19-9-21-35(40)43(36)26-13-4-3-5-14-26)27-23-24-32-30-16-7-12-25-11-6-15-29(38(25)30)31-18-8-17-28(27)39(31)32/h3-24H,2H2,1H3. The van der Waals surface area contributed by atoms with Gasteiger partial charge in [-0.15, -0.1) is 0 Å². The molecule has 0 saturated carbocycles. The molecule has 1 aliphatic heterocycles. The van der Waals surface area contributed by atoms with Crippen molar-refractivity contribution in [3.8, 4) is 16.8 Å². The predicted octanol–water partition coefficient (Wildman–Crippen LogP) is 11.1. The number of benzene rings is 8. The molecule has 0 amide bonds. The molecule has 2 heterocycles. The first kappa shape index (κ1) is 23.8. The summed E-state index contributed by atoms with van der Waals surface area (Å²) in [7, 11) is 0. The average Bonchev–Trinajstić information content (AvgIpc) is 3.47. The van der Waals surface area contributed by atoms with E-state index in [0.717, 1.165) is 40.3 Å². The molecule has 1 aliphatic rings. The molecule has 0 unspecified atom stereocenters. The quantitative estimate of drug-likeness (QED) is 0.158. The van der Waals surface area contributed by atoms with Crippen molar-refractivity contribution >= 4 is 71.2 Å². The summed E-state index contributed by atoms with van der Waals surface area (Å²) in [5, 5.41) is 10.5. The molecule has 0 spiro atoms. The number of fused-ring (bicyclic) bond motifs is 4.